The summed E-state index contributed by atoms with van der Waals surface area (Å²) in [6.07, 6.45) is 0. The molecule has 1 aromatic carbocycles. The fourth-order valence-electron chi connectivity index (χ4n) is 2.09. The minimum Gasteiger partial charge on any atom is -0.503 e. The minimum absolute atomic E-state index is 0.0586. The molecule has 0 spiro atoms. The monoisotopic (exact) mass is 274 g/mol. The van der Waals surface area contributed by atoms with Crippen molar-refractivity contribution in [2.45, 2.75) is 6.92 Å². The van der Waals surface area contributed by atoms with E-state index in [2.05, 4.69) is 10.4 Å². The van der Waals surface area contributed by atoms with Gasteiger partial charge in [-0.3, -0.25) is 0 Å². The third kappa shape index (κ3) is 1.44. The van der Waals surface area contributed by atoms with Crippen LogP contribution in [0.3, 0.4) is 0 Å². The Morgan fingerprint density at radius 2 is 1.90 bits per heavy atom. The van der Waals surface area contributed by atoms with Crippen LogP contribution in [0.15, 0.2) is 36.1 Å². The molecule has 0 aliphatic heterocycles. The third-order valence-electron chi connectivity index (χ3n) is 2.92. The van der Waals surface area contributed by atoms with Crippen molar-refractivity contribution < 1.29 is 13.9 Å². The van der Waals surface area contributed by atoms with Crippen LogP contribution in [-0.2, 0) is 0 Å². The van der Waals surface area contributed by atoms with Gasteiger partial charge >= 0.3 is 5.63 Å². The van der Waals surface area contributed by atoms with Crippen molar-refractivity contribution in [3.63, 3.8) is 0 Å². The van der Waals surface area contributed by atoms with Crippen LogP contribution in [0.2, 0.25) is 0 Å². The Hall–Kier alpha value is -3.03. The molecule has 0 amide bonds. The second-order valence-corrected chi connectivity index (χ2v) is 4.14. The van der Waals surface area contributed by atoms with E-state index in [9.17, 15) is 19.7 Å². The molecule has 2 aromatic heterocycles. The first kappa shape index (κ1) is 12.0. The number of rotatable bonds is 2. The second-order valence-electron chi connectivity index (χ2n) is 4.14. The molecule has 0 saturated carbocycles. The Balaban J connectivity index is 2.62. The molecule has 100 valence electrons. The van der Waals surface area contributed by atoms with Gasteiger partial charge in [0.05, 0.1) is 0 Å². The number of benzene rings is 1. The summed E-state index contributed by atoms with van der Waals surface area (Å²) in [5, 5.41) is 15.2. The number of phenolic OH excluding ortho intramolecular Hbond substituents is 1. The number of phenols is 1. The Morgan fingerprint density at radius 3 is 2.55 bits per heavy atom. The number of aromatic hydroxyl groups is 1. The maximum Gasteiger partial charge on any atom is 0.347 e. The summed E-state index contributed by atoms with van der Waals surface area (Å²) in [4.78, 5) is 33.2. The van der Waals surface area contributed by atoms with Gasteiger partial charge in [0, 0.05) is 11.5 Å². The molecule has 1 N–H and O–H groups in total. The lowest BCUT2D eigenvalue weighted by atomic mass is 10.1. The van der Waals surface area contributed by atoms with Crippen molar-refractivity contribution in [2.24, 2.45) is 10.4 Å². The fourth-order valence-corrected chi connectivity index (χ4v) is 2.09. The summed E-state index contributed by atoms with van der Waals surface area (Å²) < 4.78 is 10.3. The number of hydrogen-bond donors (Lipinski definition) is 1. The van der Waals surface area contributed by atoms with Gasteiger partial charge in [-0.2, -0.15) is 0 Å². The lowest BCUT2D eigenvalue weighted by Crippen LogP contribution is -1.98. The molecular weight excluding hydrogens is 268 g/mol. The maximum absolute atomic E-state index is 11.8. The van der Waals surface area contributed by atoms with Gasteiger partial charge in [-0.1, -0.05) is 0 Å². The topological polar surface area (TPSA) is 122 Å². The van der Waals surface area contributed by atoms with E-state index in [1.807, 2.05) is 0 Å². The molecule has 3 rings (SSSR count). The average molecular weight is 274 g/mol. The van der Waals surface area contributed by atoms with Crippen LogP contribution in [0, 0.1) is 16.7 Å². The lowest BCUT2D eigenvalue weighted by molar-refractivity contribution is 0.468. The Morgan fingerprint density at radius 1 is 1.15 bits per heavy atom. The number of hydrogen-bond acceptors (Lipinski definition) is 8. The zero-order valence-electron chi connectivity index (χ0n) is 10.0. The number of nitrogens with zero attached hydrogens (tertiary/aromatic N) is 2. The number of nitroso groups, excluding NO2 is 2. The van der Waals surface area contributed by atoms with E-state index in [1.54, 1.807) is 6.92 Å². The minimum atomic E-state index is -0.679. The highest BCUT2D eigenvalue weighted by Crippen LogP contribution is 2.45. The van der Waals surface area contributed by atoms with Crippen LogP contribution in [-0.4, -0.2) is 5.11 Å². The molecule has 0 saturated heterocycles. The van der Waals surface area contributed by atoms with Gasteiger partial charge in [0.2, 0.25) is 0 Å². The van der Waals surface area contributed by atoms with E-state index in [1.165, 1.54) is 6.07 Å². The number of aryl methyl sites for hydroxylation is 1. The van der Waals surface area contributed by atoms with E-state index in [-0.39, 0.29) is 27.6 Å². The molecule has 3 aromatic rings. The molecule has 0 bridgehead atoms. The molecule has 2 heterocycles. The molecule has 0 fully saturated rings. The first-order chi connectivity index (χ1) is 9.56. The van der Waals surface area contributed by atoms with Gasteiger partial charge in [0.1, 0.15) is 22.4 Å². The van der Waals surface area contributed by atoms with Crippen LogP contribution in [0.1, 0.15) is 5.76 Å². The molecule has 20 heavy (non-hydrogen) atoms. The molecule has 8 nitrogen and oxygen atoms in total. The molecule has 0 aliphatic carbocycles. The van der Waals surface area contributed by atoms with Gasteiger partial charge in [0.25, 0.3) is 0 Å². The second kappa shape index (κ2) is 3.98. The molecular formula is C12H6N2O6. The highest BCUT2D eigenvalue weighted by molar-refractivity contribution is 6.09. The van der Waals surface area contributed by atoms with Crippen LogP contribution in [0.4, 0.5) is 11.4 Å². The Labute approximate surface area is 109 Å². The highest BCUT2D eigenvalue weighted by Gasteiger charge is 2.22. The Bertz CT molecular complexity index is 937. The van der Waals surface area contributed by atoms with Crippen molar-refractivity contribution >= 4 is 33.3 Å². The SMILES string of the molecule is Cc1cc2oc3c(O)c(N=O)c(N=O)cc3c2c(=O)o1. The lowest BCUT2D eigenvalue weighted by Gasteiger charge is -1.98. The van der Waals surface area contributed by atoms with E-state index < -0.39 is 17.1 Å². The smallest absolute Gasteiger partial charge is 0.347 e. The van der Waals surface area contributed by atoms with Crippen molar-refractivity contribution in [1.82, 2.24) is 0 Å². The third-order valence-corrected chi connectivity index (χ3v) is 2.92. The van der Waals surface area contributed by atoms with Crippen LogP contribution in [0.25, 0.3) is 21.9 Å². The van der Waals surface area contributed by atoms with Crippen LogP contribution in [0.5, 0.6) is 5.75 Å². The summed E-state index contributed by atoms with van der Waals surface area (Å²) in [5.74, 6) is -0.316. The van der Waals surface area contributed by atoms with E-state index in [4.69, 9.17) is 8.83 Å². The van der Waals surface area contributed by atoms with Gasteiger partial charge in [-0.05, 0) is 23.3 Å². The molecule has 0 radical (unpaired) electrons. The summed E-state index contributed by atoms with van der Waals surface area (Å²) in [7, 11) is 0. The van der Waals surface area contributed by atoms with Crippen molar-refractivity contribution in [3.8, 4) is 5.75 Å². The molecule has 0 aliphatic rings. The fraction of sp³-hybridized carbons (Fsp3) is 0.0833. The van der Waals surface area contributed by atoms with Crippen molar-refractivity contribution in [2.75, 3.05) is 0 Å². The van der Waals surface area contributed by atoms with Crippen LogP contribution >= 0.6 is 0 Å². The summed E-state index contributed by atoms with van der Waals surface area (Å²) in [6, 6.07) is 2.61. The summed E-state index contributed by atoms with van der Waals surface area (Å²) in [6.45, 7) is 1.56. The zero-order valence-corrected chi connectivity index (χ0v) is 10.0. The Kier molecular flexibility index (Phi) is 2.40. The summed E-state index contributed by atoms with van der Waals surface area (Å²) in [5.41, 5.74) is -1.55. The predicted octanol–water partition coefficient (Wildman–Crippen LogP) is 3.35. The standard InChI is InChI=1S/C12H6N2O6/c1-4-2-7-8(12(16)19-4)5-3-6(13-17)9(14-18)10(15)11(5)20-7/h2-3,15H,1H3. The van der Waals surface area contributed by atoms with E-state index in [0.717, 1.165) is 6.07 Å². The molecule has 8 heteroatoms. The van der Waals surface area contributed by atoms with Crippen molar-refractivity contribution in [3.05, 3.63) is 38.1 Å². The van der Waals surface area contributed by atoms with E-state index in [0.29, 0.717) is 5.76 Å². The van der Waals surface area contributed by atoms with Gasteiger partial charge in [-0.15, -0.1) is 9.81 Å². The number of fused-ring (bicyclic) bond motifs is 3. The summed E-state index contributed by atoms with van der Waals surface area (Å²) >= 11 is 0. The maximum atomic E-state index is 11.8. The molecule has 0 atom stereocenters. The first-order valence-electron chi connectivity index (χ1n) is 5.46. The van der Waals surface area contributed by atoms with Crippen LogP contribution < -0.4 is 5.63 Å². The highest BCUT2D eigenvalue weighted by atomic mass is 16.4. The quantitative estimate of drug-likeness (QED) is 0.714. The predicted molar refractivity (Wildman–Crippen MR) is 69.6 cm³/mol. The average Bonchev–Trinajstić information content (AvgIpc) is 2.77. The van der Waals surface area contributed by atoms with Gasteiger partial charge < -0.3 is 13.9 Å². The molecule has 0 unspecified atom stereocenters. The van der Waals surface area contributed by atoms with Gasteiger partial charge in [0.15, 0.2) is 17.0 Å². The van der Waals surface area contributed by atoms with E-state index >= 15 is 0 Å². The zero-order chi connectivity index (χ0) is 14.4. The number of furan rings is 1. The largest absolute Gasteiger partial charge is 0.503 e. The normalized spacial score (nSPS) is 11.1. The van der Waals surface area contributed by atoms with Crippen molar-refractivity contribution in [1.29, 1.82) is 0 Å². The first-order valence-corrected chi connectivity index (χ1v) is 5.46. The van der Waals surface area contributed by atoms with Gasteiger partial charge in [-0.25, -0.2) is 4.79 Å².